The van der Waals surface area contributed by atoms with Gasteiger partial charge in [0, 0.05) is 43.9 Å². The summed E-state index contributed by atoms with van der Waals surface area (Å²) in [6.45, 7) is 3.57. The van der Waals surface area contributed by atoms with Gasteiger partial charge in [0.25, 0.3) is 5.91 Å². The Morgan fingerprint density at radius 3 is 1.77 bits per heavy atom. The van der Waals surface area contributed by atoms with Crippen LogP contribution in [-0.2, 0) is 9.59 Å². The Hall–Kier alpha value is -2.81. The lowest BCUT2D eigenvalue weighted by atomic mass is 9.94. The maximum absolute atomic E-state index is 12.8. The number of carboxylic acid groups (broad SMARTS) is 2. The first-order valence-electron chi connectivity index (χ1n) is 10.1. The zero-order valence-electron chi connectivity index (χ0n) is 17.5. The lowest BCUT2D eigenvalue weighted by Crippen LogP contribution is -2.52. The molecule has 2 aliphatic rings. The van der Waals surface area contributed by atoms with E-state index in [-0.39, 0.29) is 5.91 Å². The number of hydrogen-bond donors (Lipinski definition) is 2. The third-order valence-corrected chi connectivity index (χ3v) is 5.47. The largest absolute Gasteiger partial charge is 0.497 e. The molecule has 0 unspecified atom stereocenters. The van der Waals surface area contributed by atoms with Crippen molar-refractivity contribution >= 4 is 17.8 Å². The van der Waals surface area contributed by atoms with E-state index in [1.165, 1.54) is 32.1 Å². The van der Waals surface area contributed by atoms with E-state index in [1.54, 1.807) is 32.4 Å². The highest BCUT2D eigenvalue weighted by Crippen LogP contribution is 2.26. The van der Waals surface area contributed by atoms with Crippen LogP contribution in [0.25, 0.3) is 0 Å². The van der Waals surface area contributed by atoms with E-state index in [2.05, 4.69) is 4.90 Å². The molecule has 1 aromatic rings. The van der Waals surface area contributed by atoms with Gasteiger partial charge in [-0.3, -0.25) is 9.69 Å². The van der Waals surface area contributed by atoms with Crippen LogP contribution in [0.3, 0.4) is 0 Å². The van der Waals surface area contributed by atoms with E-state index >= 15 is 0 Å². The van der Waals surface area contributed by atoms with E-state index < -0.39 is 11.9 Å². The molecule has 3 rings (SSSR count). The monoisotopic (exact) mass is 422 g/mol. The van der Waals surface area contributed by atoms with Crippen LogP contribution in [0.1, 0.15) is 42.5 Å². The van der Waals surface area contributed by atoms with Gasteiger partial charge in [0.2, 0.25) is 0 Å². The molecular weight excluding hydrogens is 392 g/mol. The third-order valence-electron chi connectivity index (χ3n) is 5.47. The Balaban J connectivity index is 0.000000469. The van der Waals surface area contributed by atoms with Crippen LogP contribution >= 0.6 is 0 Å². The van der Waals surface area contributed by atoms with Crippen LogP contribution in [0.2, 0.25) is 0 Å². The van der Waals surface area contributed by atoms with E-state index in [9.17, 15) is 4.79 Å². The fourth-order valence-electron chi connectivity index (χ4n) is 3.85. The van der Waals surface area contributed by atoms with Crippen molar-refractivity contribution in [3.05, 3.63) is 23.8 Å². The molecule has 0 spiro atoms. The molecule has 1 aromatic carbocycles. The minimum atomic E-state index is -1.82. The number of piperazine rings is 1. The predicted molar refractivity (Wildman–Crippen MR) is 109 cm³/mol. The molecule has 0 aromatic heterocycles. The second-order valence-electron chi connectivity index (χ2n) is 7.33. The number of nitrogens with zero attached hydrogens (tertiary/aromatic N) is 2. The van der Waals surface area contributed by atoms with E-state index in [4.69, 9.17) is 29.3 Å². The third kappa shape index (κ3) is 6.62. The fourth-order valence-corrected chi connectivity index (χ4v) is 3.85. The summed E-state index contributed by atoms with van der Waals surface area (Å²) < 4.78 is 10.5. The van der Waals surface area contributed by atoms with E-state index in [0.717, 1.165) is 32.2 Å². The first-order chi connectivity index (χ1) is 14.3. The predicted octanol–water partition coefficient (Wildman–Crippen LogP) is 1.95. The van der Waals surface area contributed by atoms with Crippen LogP contribution in [0.5, 0.6) is 11.5 Å². The van der Waals surface area contributed by atoms with Crippen LogP contribution in [0.15, 0.2) is 18.2 Å². The van der Waals surface area contributed by atoms with Crippen LogP contribution in [-0.4, -0.2) is 84.3 Å². The smallest absolute Gasteiger partial charge is 0.414 e. The summed E-state index contributed by atoms with van der Waals surface area (Å²) in [7, 11) is 3.21. The molecule has 1 aliphatic heterocycles. The SMILES string of the molecule is COc1cc(OC)cc(C(=O)N2CCN(C3CCCCC3)CC2)c1.O=C(O)C(=O)O. The van der Waals surface area contributed by atoms with Gasteiger partial charge in [-0.25, -0.2) is 9.59 Å². The standard InChI is InChI=1S/C19H28N2O3.C2H2O4/c1-23-17-12-15(13-18(14-17)24-2)19(22)21-10-8-20(9-11-21)16-6-4-3-5-7-16;3-1(4)2(5)6/h12-14,16H,3-11H2,1-2H3;(H,3,4)(H,5,6). The van der Waals surface area contributed by atoms with Crippen molar-refractivity contribution < 1.29 is 34.1 Å². The van der Waals surface area contributed by atoms with Gasteiger partial charge in [0.15, 0.2) is 0 Å². The summed E-state index contributed by atoms with van der Waals surface area (Å²) >= 11 is 0. The summed E-state index contributed by atoms with van der Waals surface area (Å²) in [6.07, 6.45) is 6.73. The summed E-state index contributed by atoms with van der Waals surface area (Å²) in [5.41, 5.74) is 0.636. The second kappa shape index (κ2) is 11.4. The summed E-state index contributed by atoms with van der Waals surface area (Å²) in [5, 5.41) is 14.8. The molecule has 0 bridgehead atoms. The summed E-state index contributed by atoms with van der Waals surface area (Å²) in [4.78, 5) is 35.5. The molecule has 0 radical (unpaired) electrons. The molecular formula is C21H30N2O7. The molecule has 9 nitrogen and oxygen atoms in total. The van der Waals surface area contributed by atoms with Crippen LogP contribution in [0, 0.1) is 0 Å². The molecule has 2 N–H and O–H groups in total. The molecule has 1 amide bonds. The van der Waals surface area contributed by atoms with Crippen molar-refractivity contribution in [1.29, 1.82) is 0 Å². The molecule has 166 valence electrons. The molecule has 1 saturated carbocycles. The van der Waals surface area contributed by atoms with E-state index in [0.29, 0.717) is 17.1 Å². The van der Waals surface area contributed by atoms with Crippen LogP contribution < -0.4 is 9.47 Å². The minimum Gasteiger partial charge on any atom is -0.497 e. The number of carbonyl (C=O) groups excluding carboxylic acids is 1. The average Bonchev–Trinajstić information content (AvgIpc) is 2.79. The number of amides is 1. The zero-order valence-corrected chi connectivity index (χ0v) is 17.5. The fraction of sp³-hybridized carbons (Fsp3) is 0.571. The van der Waals surface area contributed by atoms with Gasteiger partial charge >= 0.3 is 11.9 Å². The highest BCUT2D eigenvalue weighted by Gasteiger charge is 2.27. The van der Waals surface area contributed by atoms with E-state index in [1.807, 2.05) is 4.90 Å². The molecule has 2 fully saturated rings. The number of hydrogen-bond acceptors (Lipinski definition) is 6. The number of benzene rings is 1. The van der Waals surface area contributed by atoms with Crippen molar-refractivity contribution in [2.45, 2.75) is 38.1 Å². The Morgan fingerprint density at radius 2 is 1.33 bits per heavy atom. The second-order valence-corrected chi connectivity index (χ2v) is 7.33. The van der Waals surface area contributed by atoms with Crippen molar-refractivity contribution in [1.82, 2.24) is 9.80 Å². The summed E-state index contributed by atoms with van der Waals surface area (Å²) in [6, 6.07) is 6.10. The van der Waals surface area contributed by atoms with Crippen LogP contribution in [0.4, 0.5) is 0 Å². The number of aliphatic carboxylic acids is 2. The highest BCUT2D eigenvalue weighted by atomic mass is 16.5. The van der Waals surface area contributed by atoms with Gasteiger partial charge in [-0.1, -0.05) is 19.3 Å². The number of ether oxygens (including phenoxy) is 2. The van der Waals surface area contributed by atoms with Gasteiger partial charge < -0.3 is 24.6 Å². The topological polar surface area (TPSA) is 117 Å². The Kier molecular flexibility index (Phi) is 8.91. The zero-order chi connectivity index (χ0) is 22.1. The molecule has 0 atom stereocenters. The number of carboxylic acids is 2. The first kappa shape index (κ1) is 23.5. The van der Waals surface area contributed by atoms with Crippen molar-refractivity contribution in [3.8, 4) is 11.5 Å². The maximum Gasteiger partial charge on any atom is 0.414 e. The molecule has 1 aliphatic carbocycles. The van der Waals surface area contributed by atoms with Gasteiger partial charge in [-0.2, -0.15) is 0 Å². The lowest BCUT2D eigenvalue weighted by molar-refractivity contribution is -0.159. The van der Waals surface area contributed by atoms with Crippen molar-refractivity contribution in [3.63, 3.8) is 0 Å². The lowest BCUT2D eigenvalue weighted by Gasteiger charge is -2.40. The normalized spacial score (nSPS) is 17.5. The average molecular weight is 422 g/mol. The Bertz CT molecular complexity index is 705. The molecule has 9 heteroatoms. The quantitative estimate of drug-likeness (QED) is 0.707. The van der Waals surface area contributed by atoms with Gasteiger partial charge in [0.05, 0.1) is 14.2 Å². The minimum absolute atomic E-state index is 0.0653. The molecule has 1 saturated heterocycles. The van der Waals surface area contributed by atoms with Crippen molar-refractivity contribution in [2.24, 2.45) is 0 Å². The van der Waals surface area contributed by atoms with Gasteiger partial charge in [0.1, 0.15) is 11.5 Å². The maximum atomic E-state index is 12.8. The Labute approximate surface area is 176 Å². The molecule has 30 heavy (non-hydrogen) atoms. The summed E-state index contributed by atoms with van der Waals surface area (Å²) in [5.74, 6) is -2.28. The van der Waals surface area contributed by atoms with Crippen molar-refractivity contribution in [2.75, 3.05) is 40.4 Å². The number of rotatable bonds is 4. The molecule has 1 heterocycles. The van der Waals surface area contributed by atoms with Gasteiger partial charge in [-0.15, -0.1) is 0 Å². The number of methoxy groups -OCH3 is 2. The Morgan fingerprint density at radius 1 is 0.833 bits per heavy atom. The first-order valence-corrected chi connectivity index (χ1v) is 10.1. The number of carbonyl (C=O) groups is 3. The van der Waals surface area contributed by atoms with Gasteiger partial charge in [-0.05, 0) is 25.0 Å². The highest BCUT2D eigenvalue weighted by molar-refractivity contribution is 6.27.